The third-order valence-electron chi connectivity index (χ3n) is 10.2. The van der Waals surface area contributed by atoms with Crippen LogP contribution in [0.1, 0.15) is 213 Å². The van der Waals surface area contributed by atoms with Crippen molar-refractivity contribution in [2.75, 3.05) is 6.61 Å². The zero-order valence-electron chi connectivity index (χ0n) is 36.0. The van der Waals surface area contributed by atoms with Gasteiger partial charge in [-0.05, 0) is 19.3 Å². The first-order chi connectivity index (χ1) is 27.0. The standard InChI is InChI=1S/C49H87NO5/c1-4-7-10-13-16-19-22-24-26-29-32-35-38-41-47(52)46(44-51)50-48(53)43-45(40-37-34-31-28-25-21-18-15-12-9-6-3)55-49(54)42-39-36-33-30-27-23-20-17-14-11-8-5-2/h9,12,15,18,21,25,28,31,34,37,45-47,51-52H,4-8,10-11,13-14,16-17,19-20,22-24,26-27,29-30,32-33,35-36,38-44H2,1-3H3,(H,50,53)/b12-9+,18-15+,25-21-,31-28-,37-34+. The number of aliphatic hydroxyl groups is 2. The molecule has 3 N–H and O–H groups in total. The molecule has 0 aromatic carbocycles. The SMILES string of the molecule is CC/C=C/C=C/C=C\C=C/C=C/CC(CC(=O)NC(CO)C(O)CCCCCCCCCCCCCCC)OC(=O)CCCCCCCCCCCCCC. The second-order valence-corrected chi connectivity index (χ2v) is 15.6. The number of nitrogens with one attached hydrogen (secondary N) is 1. The second-order valence-electron chi connectivity index (χ2n) is 15.6. The normalized spacial score (nSPS) is 13.9. The first kappa shape index (κ1) is 52.6. The molecule has 0 radical (unpaired) electrons. The minimum atomic E-state index is -0.816. The van der Waals surface area contributed by atoms with Crippen molar-refractivity contribution in [1.29, 1.82) is 0 Å². The average Bonchev–Trinajstić information content (AvgIpc) is 3.18. The highest BCUT2D eigenvalue weighted by molar-refractivity contribution is 5.77. The van der Waals surface area contributed by atoms with E-state index in [-0.39, 0.29) is 24.9 Å². The van der Waals surface area contributed by atoms with Crippen molar-refractivity contribution in [1.82, 2.24) is 5.32 Å². The number of unbranched alkanes of at least 4 members (excludes halogenated alkanes) is 23. The van der Waals surface area contributed by atoms with Crippen molar-refractivity contribution in [3.63, 3.8) is 0 Å². The monoisotopic (exact) mass is 770 g/mol. The van der Waals surface area contributed by atoms with Gasteiger partial charge in [-0.2, -0.15) is 0 Å². The molecule has 3 unspecified atom stereocenters. The van der Waals surface area contributed by atoms with Crippen LogP contribution in [-0.4, -0.2) is 46.9 Å². The summed E-state index contributed by atoms with van der Waals surface area (Å²) in [5.41, 5.74) is 0. The third kappa shape index (κ3) is 38.2. The van der Waals surface area contributed by atoms with Crippen LogP contribution in [-0.2, 0) is 14.3 Å². The summed E-state index contributed by atoms with van der Waals surface area (Å²) in [6.45, 7) is 6.28. The van der Waals surface area contributed by atoms with Crippen LogP contribution in [0.15, 0.2) is 60.8 Å². The van der Waals surface area contributed by atoms with Crippen molar-refractivity contribution in [3.05, 3.63) is 60.8 Å². The molecule has 3 atom stereocenters. The molecule has 0 rings (SSSR count). The quantitative estimate of drug-likeness (QED) is 0.0328. The van der Waals surface area contributed by atoms with E-state index < -0.39 is 18.2 Å². The average molecular weight is 770 g/mol. The molecule has 1 amide bonds. The fourth-order valence-corrected chi connectivity index (χ4v) is 6.75. The van der Waals surface area contributed by atoms with Gasteiger partial charge in [0.05, 0.1) is 25.2 Å². The number of esters is 1. The number of carbonyl (C=O) groups excluding carboxylic acids is 2. The van der Waals surface area contributed by atoms with E-state index in [1.165, 1.54) is 122 Å². The number of amides is 1. The third-order valence-corrected chi connectivity index (χ3v) is 10.2. The molecule has 6 nitrogen and oxygen atoms in total. The van der Waals surface area contributed by atoms with E-state index in [2.05, 4.69) is 32.2 Å². The molecule has 318 valence electrons. The molecule has 6 heteroatoms. The van der Waals surface area contributed by atoms with Crippen LogP contribution in [0.5, 0.6) is 0 Å². The lowest BCUT2D eigenvalue weighted by Gasteiger charge is -2.24. The van der Waals surface area contributed by atoms with E-state index in [0.29, 0.717) is 19.3 Å². The summed E-state index contributed by atoms with van der Waals surface area (Å²) in [7, 11) is 0. The number of rotatable bonds is 40. The lowest BCUT2D eigenvalue weighted by atomic mass is 10.0. The summed E-state index contributed by atoms with van der Waals surface area (Å²) >= 11 is 0. The molecule has 0 bridgehead atoms. The van der Waals surface area contributed by atoms with Gasteiger partial charge in [-0.1, -0.05) is 236 Å². The van der Waals surface area contributed by atoms with Crippen LogP contribution >= 0.6 is 0 Å². The Morgan fingerprint density at radius 2 is 0.945 bits per heavy atom. The fourth-order valence-electron chi connectivity index (χ4n) is 6.75. The first-order valence-corrected chi connectivity index (χ1v) is 23.1. The zero-order valence-corrected chi connectivity index (χ0v) is 36.0. The maximum atomic E-state index is 13.1. The number of aliphatic hydroxyl groups excluding tert-OH is 2. The van der Waals surface area contributed by atoms with Crippen LogP contribution in [0.3, 0.4) is 0 Å². The molecular formula is C49H87NO5. The van der Waals surface area contributed by atoms with Crippen molar-refractivity contribution in [3.8, 4) is 0 Å². The molecule has 0 heterocycles. The molecule has 0 aliphatic carbocycles. The van der Waals surface area contributed by atoms with E-state index in [1.807, 2.05) is 54.7 Å². The Bertz CT molecular complexity index is 999. The Hall–Kier alpha value is -2.44. The van der Waals surface area contributed by atoms with E-state index >= 15 is 0 Å². The molecule has 0 saturated carbocycles. The van der Waals surface area contributed by atoms with Crippen LogP contribution < -0.4 is 5.32 Å². The van der Waals surface area contributed by atoms with Crippen molar-refractivity contribution < 1.29 is 24.5 Å². The van der Waals surface area contributed by atoms with Gasteiger partial charge >= 0.3 is 5.97 Å². The zero-order chi connectivity index (χ0) is 40.3. The van der Waals surface area contributed by atoms with E-state index in [0.717, 1.165) is 44.9 Å². The van der Waals surface area contributed by atoms with Crippen LogP contribution in [0.25, 0.3) is 0 Å². The van der Waals surface area contributed by atoms with Gasteiger partial charge in [0, 0.05) is 12.8 Å². The smallest absolute Gasteiger partial charge is 0.306 e. The summed E-state index contributed by atoms with van der Waals surface area (Å²) in [5, 5.41) is 23.6. The predicted molar refractivity (Wildman–Crippen MR) is 236 cm³/mol. The Kier molecular flexibility index (Phi) is 40.8. The summed E-state index contributed by atoms with van der Waals surface area (Å²) in [4.78, 5) is 25.9. The second kappa shape index (κ2) is 42.7. The highest BCUT2D eigenvalue weighted by Gasteiger charge is 2.23. The van der Waals surface area contributed by atoms with Crippen molar-refractivity contribution in [2.45, 2.75) is 232 Å². The summed E-state index contributed by atoms with van der Waals surface area (Å²) in [5.74, 6) is -0.607. The van der Waals surface area contributed by atoms with E-state index in [9.17, 15) is 19.8 Å². The number of ether oxygens (including phenoxy) is 1. The highest BCUT2D eigenvalue weighted by atomic mass is 16.5. The fraction of sp³-hybridized carbons (Fsp3) is 0.755. The molecule has 55 heavy (non-hydrogen) atoms. The minimum absolute atomic E-state index is 0.0177. The number of hydrogen-bond donors (Lipinski definition) is 3. The largest absolute Gasteiger partial charge is 0.461 e. The number of allylic oxidation sites excluding steroid dienone is 9. The highest BCUT2D eigenvalue weighted by Crippen LogP contribution is 2.16. The van der Waals surface area contributed by atoms with E-state index in [4.69, 9.17) is 4.74 Å². The Labute approximate surface area is 339 Å². The Balaban J connectivity index is 4.69. The van der Waals surface area contributed by atoms with Gasteiger partial charge in [-0.25, -0.2) is 0 Å². The molecule has 0 aliphatic rings. The van der Waals surface area contributed by atoms with Gasteiger partial charge in [-0.15, -0.1) is 0 Å². The minimum Gasteiger partial charge on any atom is -0.461 e. The predicted octanol–water partition coefficient (Wildman–Crippen LogP) is 13.3. The molecule has 0 aromatic heterocycles. The summed E-state index contributed by atoms with van der Waals surface area (Å²) in [6, 6.07) is -0.737. The van der Waals surface area contributed by atoms with Gasteiger partial charge in [0.1, 0.15) is 6.10 Å². The van der Waals surface area contributed by atoms with Gasteiger partial charge in [0.25, 0.3) is 0 Å². The van der Waals surface area contributed by atoms with E-state index in [1.54, 1.807) is 0 Å². The summed E-state index contributed by atoms with van der Waals surface area (Å²) in [6.07, 6.45) is 51.6. The number of hydrogen-bond acceptors (Lipinski definition) is 5. The molecular weight excluding hydrogens is 683 g/mol. The molecule has 0 saturated heterocycles. The molecule has 0 aliphatic heterocycles. The van der Waals surface area contributed by atoms with Gasteiger partial charge in [-0.3, -0.25) is 9.59 Å². The Morgan fingerprint density at radius 3 is 1.38 bits per heavy atom. The lowest BCUT2D eigenvalue weighted by Crippen LogP contribution is -2.46. The van der Waals surface area contributed by atoms with Gasteiger partial charge < -0.3 is 20.3 Å². The van der Waals surface area contributed by atoms with Crippen LogP contribution in [0, 0.1) is 0 Å². The maximum Gasteiger partial charge on any atom is 0.306 e. The lowest BCUT2D eigenvalue weighted by molar-refractivity contribution is -0.150. The number of carbonyl (C=O) groups is 2. The molecule has 0 aromatic rings. The van der Waals surface area contributed by atoms with Gasteiger partial charge in [0.2, 0.25) is 5.91 Å². The van der Waals surface area contributed by atoms with Gasteiger partial charge in [0.15, 0.2) is 0 Å². The van der Waals surface area contributed by atoms with Crippen LogP contribution in [0.4, 0.5) is 0 Å². The summed E-state index contributed by atoms with van der Waals surface area (Å²) < 4.78 is 5.81. The topological polar surface area (TPSA) is 95.9 Å². The van der Waals surface area contributed by atoms with Crippen LogP contribution in [0.2, 0.25) is 0 Å². The maximum absolute atomic E-state index is 13.1. The molecule has 0 fully saturated rings. The Morgan fingerprint density at radius 1 is 0.545 bits per heavy atom. The first-order valence-electron chi connectivity index (χ1n) is 23.1. The van der Waals surface area contributed by atoms with Crippen molar-refractivity contribution >= 4 is 11.9 Å². The van der Waals surface area contributed by atoms with Crippen molar-refractivity contribution in [2.24, 2.45) is 0 Å². The molecule has 0 spiro atoms.